The number of benzene rings is 1. The first kappa shape index (κ1) is 11.6. The van der Waals surface area contributed by atoms with E-state index in [0.29, 0.717) is 5.02 Å². The van der Waals surface area contributed by atoms with Gasteiger partial charge in [-0.15, -0.1) is 0 Å². The van der Waals surface area contributed by atoms with E-state index in [4.69, 9.17) is 21.9 Å². The van der Waals surface area contributed by atoms with Crippen LogP contribution in [0.5, 0.6) is 5.75 Å². The molecule has 0 aliphatic heterocycles. The van der Waals surface area contributed by atoms with Gasteiger partial charge < -0.3 is 4.74 Å². The van der Waals surface area contributed by atoms with Crippen molar-refractivity contribution in [1.29, 1.82) is 0 Å². The summed E-state index contributed by atoms with van der Waals surface area (Å²) >= 11 is 5.63. The molecule has 0 spiro atoms. The first-order valence-corrected chi connectivity index (χ1v) is 4.27. The summed E-state index contributed by atoms with van der Waals surface area (Å²) in [6, 6.07) is 4.16. The lowest BCUT2D eigenvalue weighted by atomic mass is 10.3. The van der Waals surface area contributed by atoms with Crippen molar-refractivity contribution in [2.75, 3.05) is 6.61 Å². The molecule has 0 amide bonds. The molecule has 0 unspecified atom stereocenters. The first-order chi connectivity index (χ1) is 7.13. The Kier molecular flexibility index (Phi) is 4.15. The van der Waals surface area contributed by atoms with Gasteiger partial charge in [-0.3, -0.25) is 0 Å². The molecule has 0 heterocycles. The number of ether oxygens (including phenoxy) is 1. The molecule has 0 atom stereocenters. The quantitative estimate of drug-likeness (QED) is 0.442. The zero-order valence-corrected chi connectivity index (χ0v) is 8.16. The molecule has 80 valence electrons. The van der Waals surface area contributed by atoms with Crippen molar-refractivity contribution in [2.45, 2.75) is 6.43 Å². The summed E-state index contributed by atoms with van der Waals surface area (Å²) < 4.78 is 28.5. The van der Waals surface area contributed by atoms with E-state index in [1.807, 2.05) is 0 Å². The molecule has 1 aromatic carbocycles. The summed E-state index contributed by atoms with van der Waals surface area (Å²) in [4.78, 5) is 2.53. The van der Waals surface area contributed by atoms with Gasteiger partial charge in [0, 0.05) is 9.93 Å². The highest BCUT2D eigenvalue weighted by Crippen LogP contribution is 2.30. The van der Waals surface area contributed by atoms with Gasteiger partial charge in [-0.25, -0.2) is 8.78 Å². The topological polar surface area (TPSA) is 58.0 Å². The largest absolute Gasteiger partial charge is 0.487 e. The SMILES string of the molecule is [N-]=[N+]=Nc1cc(Cl)ccc1OCC(F)F. The standard InChI is InChI=1S/C8H6ClF2N3O/c9-5-1-2-7(15-4-8(10)11)6(3-5)13-14-12/h1-3,8H,4H2. The van der Waals surface area contributed by atoms with E-state index in [1.165, 1.54) is 18.2 Å². The van der Waals surface area contributed by atoms with E-state index in [-0.39, 0.29) is 11.4 Å². The molecule has 1 rings (SSSR count). The Morgan fingerprint density at radius 1 is 1.53 bits per heavy atom. The van der Waals surface area contributed by atoms with E-state index < -0.39 is 13.0 Å². The fourth-order valence-electron chi connectivity index (χ4n) is 0.892. The molecular formula is C8H6ClF2N3O. The van der Waals surface area contributed by atoms with Gasteiger partial charge in [0.25, 0.3) is 6.43 Å². The highest BCUT2D eigenvalue weighted by Gasteiger charge is 2.07. The summed E-state index contributed by atoms with van der Waals surface area (Å²) in [7, 11) is 0. The van der Waals surface area contributed by atoms with Crippen molar-refractivity contribution in [3.8, 4) is 5.75 Å². The molecule has 0 radical (unpaired) electrons. The monoisotopic (exact) mass is 233 g/mol. The first-order valence-electron chi connectivity index (χ1n) is 3.89. The average molecular weight is 234 g/mol. The predicted octanol–water partition coefficient (Wildman–Crippen LogP) is 3.93. The molecule has 0 aliphatic carbocycles. The van der Waals surface area contributed by atoms with Gasteiger partial charge in [-0.05, 0) is 23.7 Å². The Balaban J connectivity index is 2.90. The number of hydrogen-bond acceptors (Lipinski definition) is 2. The van der Waals surface area contributed by atoms with Gasteiger partial charge in [0.15, 0.2) is 0 Å². The molecule has 0 aliphatic rings. The molecule has 0 aromatic heterocycles. The van der Waals surface area contributed by atoms with Crippen LogP contribution in [-0.2, 0) is 0 Å². The second-order valence-corrected chi connectivity index (χ2v) is 2.94. The number of alkyl halides is 2. The lowest BCUT2D eigenvalue weighted by Gasteiger charge is -2.07. The fraction of sp³-hybridized carbons (Fsp3) is 0.250. The van der Waals surface area contributed by atoms with Crippen LogP contribution in [0.1, 0.15) is 0 Å². The van der Waals surface area contributed by atoms with E-state index in [2.05, 4.69) is 10.0 Å². The maximum absolute atomic E-state index is 11.9. The van der Waals surface area contributed by atoms with Crippen molar-refractivity contribution in [3.05, 3.63) is 33.7 Å². The summed E-state index contributed by atoms with van der Waals surface area (Å²) in [6.07, 6.45) is -2.58. The fourth-order valence-corrected chi connectivity index (χ4v) is 1.06. The Labute approximate surface area is 89.0 Å². The highest BCUT2D eigenvalue weighted by molar-refractivity contribution is 6.30. The second kappa shape index (κ2) is 5.38. The van der Waals surface area contributed by atoms with Gasteiger partial charge in [-0.1, -0.05) is 16.7 Å². The van der Waals surface area contributed by atoms with E-state index in [1.54, 1.807) is 0 Å². The van der Waals surface area contributed by atoms with Crippen LogP contribution in [0.15, 0.2) is 23.3 Å². The van der Waals surface area contributed by atoms with Crippen molar-refractivity contribution >= 4 is 17.3 Å². The van der Waals surface area contributed by atoms with Crippen LogP contribution >= 0.6 is 11.6 Å². The van der Waals surface area contributed by atoms with Crippen LogP contribution in [0.25, 0.3) is 10.4 Å². The summed E-state index contributed by atoms with van der Waals surface area (Å²) in [5.74, 6) is 0.0810. The molecule has 0 N–H and O–H groups in total. The van der Waals surface area contributed by atoms with Gasteiger partial charge in [-0.2, -0.15) is 0 Å². The van der Waals surface area contributed by atoms with Gasteiger partial charge in [0.05, 0.1) is 5.69 Å². The Bertz CT molecular complexity index is 393. The number of hydrogen-bond donors (Lipinski definition) is 0. The molecule has 0 saturated carbocycles. The molecule has 4 nitrogen and oxygen atoms in total. The molecule has 0 fully saturated rings. The lowest BCUT2D eigenvalue weighted by molar-refractivity contribution is 0.0822. The predicted molar refractivity (Wildman–Crippen MR) is 51.8 cm³/mol. The molecule has 1 aromatic rings. The van der Waals surface area contributed by atoms with Crippen molar-refractivity contribution in [2.24, 2.45) is 5.11 Å². The third-order valence-electron chi connectivity index (χ3n) is 1.44. The van der Waals surface area contributed by atoms with Crippen LogP contribution in [0, 0.1) is 0 Å². The average Bonchev–Trinajstić information content (AvgIpc) is 2.17. The van der Waals surface area contributed by atoms with Gasteiger partial charge in [0.1, 0.15) is 12.4 Å². The number of rotatable bonds is 4. The number of nitrogens with zero attached hydrogens (tertiary/aromatic N) is 3. The Hall–Kier alpha value is -1.52. The molecule has 0 bridgehead atoms. The summed E-state index contributed by atoms with van der Waals surface area (Å²) in [5.41, 5.74) is 8.31. The molecule has 15 heavy (non-hydrogen) atoms. The zero-order chi connectivity index (χ0) is 11.3. The minimum Gasteiger partial charge on any atom is -0.487 e. The van der Waals surface area contributed by atoms with Crippen LogP contribution in [0.2, 0.25) is 5.02 Å². The normalized spacial score (nSPS) is 9.87. The van der Waals surface area contributed by atoms with Crippen LogP contribution in [0.4, 0.5) is 14.5 Å². The Morgan fingerprint density at radius 2 is 2.27 bits per heavy atom. The summed E-state index contributed by atoms with van der Waals surface area (Å²) in [5, 5.41) is 3.61. The van der Waals surface area contributed by atoms with E-state index >= 15 is 0 Å². The van der Waals surface area contributed by atoms with E-state index in [9.17, 15) is 8.78 Å². The number of halogens is 3. The van der Waals surface area contributed by atoms with E-state index in [0.717, 1.165) is 0 Å². The summed E-state index contributed by atoms with van der Waals surface area (Å²) in [6.45, 7) is -0.754. The smallest absolute Gasteiger partial charge is 0.272 e. The third kappa shape index (κ3) is 3.61. The third-order valence-corrected chi connectivity index (χ3v) is 1.67. The van der Waals surface area contributed by atoms with Crippen LogP contribution < -0.4 is 4.74 Å². The van der Waals surface area contributed by atoms with Crippen molar-refractivity contribution < 1.29 is 13.5 Å². The van der Waals surface area contributed by atoms with Crippen LogP contribution in [-0.4, -0.2) is 13.0 Å². The van der Waals surface area contributed by atoms with Crippen molar-refractivity contribution in [1.82, 2.24) is 0 Å². The number of azide groups is 1. The minimum atomic E-state index is -2.58. The van der Waals surface area contributed by atoms with Crippen molar-refractivity contribution in [3.63, 3.8) is 0 Å². The zero-order valence-electron chi connectivity index (χ0n) is 7.40. The Morgan fingerprint density at radius 3 is 2.87 bits per heavy atom. The minimum absolute atomic E-state index is 0.0810. The van der Waals surface area contributed by atoms with Crippen LogP contribution in [0.3, 0.4) is 0 Å². The lowest BCUT2D eigenvalue weighted by Crippen LogP contribution is -2.06. The second-order valence-electron chi connectivity index (χ2n) is 2.50. The molecule has 7 heteroatoms. The maximum atomic E-state index is 11.9. The highest BCUT2D eigenvalue weighted by atomic mass is 35.5. The molecular weight excluding hydrogens is 228 g/mol. The van der Waals surface area contributed by atoms with Gasteiger partial charge in [0.2, 0.25) is 0 Å². The molecule has 0 saturated heterocycles. The maximum Gasteiger partial charge on any atom is 0.272 e. The van der Waals surface area contributed by atoms with Gasteiger partial charge >= 0.3 is 0 Å².